The van der Waals surface area contributed by atoms with E-state index in [1.807, 2.05) is 11.0 Å². The number of carbonyl (C=O) groups is 2. The molecule has 2 amide bonds. The summed E-state index contributed by atoms with van der Waals surface area (Å²) in [5.74, 6) is -0.454. The summed E-state index contributed by atoms with van der Waals surface area (Å²) in [6, 6.07) is 5.28. The van der Waals surface area contributed by atoms with E-state index in [4.69, 9.17) is 5.73 Å². The molecule has 6 nitrogen and oxygen atoms in total. The van der Waals surface area contributed by atoms with Crippen LogP contribution in [0.4, 0.5) is 5.69 Å². The molecule has 0 saturated carbocycles. The quantitative estimate of drug-likeness (QED) is 0.821. The number of hydrogen-bond donors (Lipinski definition) is 2. The molecule has 0 unspecified atom stereocenters. The molecule has 1 aliphatic heterocycles. The number of hydrogen-bond acceptors (Lipinski definition) is 4. The van der Waals surface area contributed by atoms with Gasteiger partial charge in [-0.05, 0) is 18.2 Å². The molecule has 1 saturated heterocycles. The molecule has 1 fully saturated rings. The number of benzene rings is 1. The molecule has 3 N–H and O–H groups in total. The number of nitrogens with two attached hydrogens (primary N) is 1. The van der Waals surface area contributed by atoms with E-state index in [1.165, 1.54) is 0 Å². The first kappa shape index (κ1) is 15.8. The largest absolute Gasteiger partial charge is 0.366 e. The highest BCUT2D eigenvalue weighted by Crippen LogP contribution is 2.23. The summed E-state index contributed by atoms with van der Waals surface area (Å²) in [4.78, 5) is 27.4. The van der Waals surface area contributed by atoms with Gasteiger partial charge in [-0.2, -0.15) is 0 Å². The van der Waals surface area contributed by atoms with Gasteiger partial charge in [-0.25, -0.2) is 0 Å². The predicted molar refractivity (Wildman–Crippen MR) is 85.4 cm³/mol. The summed E-state index contributed by atoms with van der Waals surface area (Å²) in [6.07, 6.45) is 0. The zero-order valence-electron chi connectivity index (χ0n) is 11.9. The lowest BCUT2D eigenvalue weighted by Gasteiger charge is -2.30. The van der Waals surface area contributed by atoms with E-state index in [0.29, 0.717) is 11.3 Å². The van der Waals surface area contributed by atoms with Crippen LogP contribution >= 0.6 is 15.9 Å². The van der Waals surface area contributed by atoms with E-state index in [1.54, 1.807) is 24.1 Å². The number of anilines is 1. The van der Waals surface area contributed by atoms with Gasteiger partial charge in [-0.15, -0.1) is 0 Å². The number of piperazine rings is 1. The molecule has 2 rings (SSSR count). The molecule has 1 heterocycles. The molecule has 0 spiro atoms. The van der Waals surface area contributed by atoms with Gasteiger partial charge in [0.25, 0.3) is 5.91 Å². The molecule has 0 radical (unpaired) electrons. The van der Waals surface area contributed by atoms with Crippen molar-refractivity contribution in [3.63, 3.8) is 0 Å². The third kappa shape index (κ3) is 3.95. The Balaban J connectivity index is 2.11. The maximum atomic E-state index is 12.3. The summed E-state index contributed by atoms with van der Waals surface area (Å²) >= 11 is 3.32. The van der Waals surface area contributed by atoms with Gasteiger partial charge in [-0.3, -0.25) is 9.59 Å². The summed E-state index contributed by atoms with van der Waals surface area (Å²) in [5, 5.41) is 3.21. The van der Waals surface area contributed by atoms with Crippen molar-refractivity contribution in [2.45, 2.75) is 0 Å². The SMILES string of the molecule is CN(CC(=O)N1CCNCC1)c1ccc(Br)cc1C(N)=O. The molecule has 1 aromatic rings. The molecule has 0 aromatic heterocycles. The normalized spacial score (nSPS) is 14.9. The molecule has 1 aliphatic rings. The van der Waals surface area contributed by atoms with Gasteiger partial charge in [0, 0.05) is 43.4 Å². The van der Waals surface area contributed by atoms with Crippen molar-refractivity contribution in [1.82, 2.24) is 10.2 Å². The standard InChI is InChI=1S/C14H19BrN4O2/c1-18(9-13(20)19-6-4-17-5-7-19)12-3-2-10(15)8-11(12)14(16)21/h2-3,8,17H,4-7,9H2,1H3,(H2,16,21). The Bertz CT molecular complexity index is 544. The Labute approximate surface area is 132 Å². The highest BCUT2D eigenvalue weighted by Gasteiger charge is 2.20. The fourth-order valence-corrected chi connectivity index (χ4v) is 2.70. The Morgan fingerprint density at radius 1 is 1.38 bits per heavy atom. The van der Waals surface area contributed by atoms with Gasteiger partial charge in [-0.1, -0.05) is 15.9 Å². The van der Waals surface area contributed by atoms with Crippen LogP contribution < -0.4 is 16.0 Å². The molecular formula is C14H19BrN4O2. The summed E-state index contributed by atoms with van der Waals surface area (Å²) in [5.41, 5.74) is 6.47. The number of rotatable bonds is 4. The monoisotopic (exact) mass is 354 g/mol. The molecule has 1 aromatic carbocycles. The molecule has 21 heavy (non-hydrogen) atoms. The van der Waals surface area contributed by atoms with Gasteiger partial charge in [0.15, 0.2) is 0 Å². The van der Waals surface area contributed by atoms with E-state index in [2.05, 4.69) is 21.2 Å². The first-order valence-electron chi connectivity index (χ1n) is 6.78. The Morgan fingerprint density at radius 3 is 2.67 bits per heavy atom. The summed E-state index contributed by atoms with van der Waals surface area (Å²) in [7, 11) is 1.79. The number of likely N-dealkylation sites (N-methyl/N-ethyl adjacent to an activating group) is 1. The van der Waals surface area contributed by atoms with E-state index in [0.717, 1.165) is 30.7 Å². The number of nitrogens with zero attached hydrogens (tertiary/aromatic N) is 2. The van der Waals surface area contributed by atoms with Crippen molar-refractivity contribution in [3.8, 4) is 0 Å². The third-order valence-electron chi connectivity index (χ3n) is 3.48. The third-order valence-corrected chi connectivity index (χ3v) is 3.97. The van der Waals surface area contributed by atoms with Gasteiger partial charge in [0.05, 0.1) is 12.1 Å². The fraction of sp³-hybridized carbons (Fsp3) is 0.429. The Hall–Kier alpha value is -1.60. The van der Waals surface area contributed by atoms with Gasteiger partial charge >= 0.3 is 0 Å². The lowest BCUT2D eigenvalue weighted by atomic mass is 10.1. The minimum atomic E-state index is -0.507. The second kappa shape index (κ2) is 6.91. The van der Waals surface area contributed by atoms with Crippen LogP contribution in [0.1, 0.15) is 10.4 Å². The zero-order chi connectivity index (χ0) is 15.4. The highest BCUT2D eigenvalue weighted by molar-refractivity contribution is 9.10. The second-order valence-corrected chi connectivity index (χ2v) is 5.93. The van der Waals surface area contributed by atoms with Gasteiger partial charge < -0.3 is 20.9 Å². The van der Waals surface area contributed by atoms with Crippen molar-refractivity contribution in [3.05, 3.63) is 28.2 Å². The van der Waals surface area contributed by atoms with Crippen LogP contribution in [0, 0.1) is 0 Å². The van der Waals surface area contributed by atoms with Gasteiger partial charge in [0.2, 0.25) is 5.91 Å². The van der Waals surface area contributed by atoms with Crippen molar-refractivity contribution in [2.24, 2.45) is 5.73 Å². The van der Waals surface area contributed by atoms with Crippen LogP contribution in [0.3, 0.4) is 0 Å². The lowest BCUT2D eigenvalue weighted by Crippen LogP contribution is -2.49. The van der Waals surface area contributed by atoms with Crippen LogP contribution in [0.5, 0.6) is 0 Å². The number of primary amides is 1. The zero-order valence-corrected chi connectivity index (χ0v) is 13.5. The number of halogens is 1. The maximum absolute atomic E-state index is 12.3. The molecule has 0 atom stereocenters. The van der Waals surface area contributed by atoms with E-state index >= 15 is 0 Å². The van der Waals surface area contributed by atoms with E-state index in [9.17, 15) is 9.59 Å². The average Bonchev–Trinajstić information content (AvgIpc) is 2.47. The molecule has 7 heteroatoms. The number of nitrogens with one attached hydrogen (secondary N) is 1. The average molecular weight is 355 g/mol. The van der Waals surface area contributed by atoms with Crippen LogP contribution in [0.25, 0.3) is 0 Å². The molecule has 0 bridgehead atoms. The van der Waals surface area contributed by atoms with Crippen molar-refractivity contribution in [2.75, 3.05) is 44.7 Å². The summed E-state index contributed by atoms with van der Waals surface area (Å²) in [6.45, 7) is 3.30. The molecule has 0 aliphatic carbocycles. The second-order valence-electron chi connectivity index (χ2n) is 5.01. The predicted octanol–water partition coefficient (Wildman–Crippen LogP) is 0.416. The topological polar surface area (TPSA) is 78.7 Å². The van der Waals surface area contributed by atoms with Gasteiger partial charge in [0.1, 0.15) is 0 Å². The minimum Gasteiger partial charge on any atom is -0.366 e. The number of amides is 2. The molecule has 114 valence electrons. The maximum Gasteiger partial charge on any atom is 0.250 e. The number of carbonyl (C=O) groups excluding carboxylic acids is 2. The Kier molecular flexibility index (Phi) is 5.19. The van der Waals surface area contributed by atoms with Crippen LogP contribution in [-0.2, 0) is 4.79 Å². The van der Waals surface area contributed by atoms with E-state index in [-0.39, 0.29) is 12.5 Å². The highest BCUT2D eigenvalue weighted by atomic mass is 79.9. The van der Waals surface area contributed by atoms with E-state index < -0.39 is 5.91 Å². The van der Waals surface area contributed by atoms with Crippen molar-refractivity contribution < 1.29 is 9.59 Å². The van der Waals surface area contributed by atoms with Crippen LogP contribution in [0.2, 0.25) is 0 Å². The summed E-state index contributed by atoms with van der Waals surface area (Å²) < 4.78 is 0.780. The fourth-order valence-electron chi connectivity index (χ4n) is 2.34. The molecular weight excluding hydrogens is 336 g/mol. The van der Waals surface area contributed by atoms with Crippen molar-refractivity contribution in [1.29, 1.82) is 0 Å². The first-order chi connectivity index (χ1) is 9.99. The Morgan fingerprint density at radius 2 is 2.05 bits per heavy atom. The lowest BCUT2D eigenvalue weighted by molar-refractivity contribution is -0.130. The van der Waals surface area contributed by atoms with Crippen LogP contribution in [-0.4, -0.2) is 56.5 Å². The van der Waals surface area contributed by atoms with Crippen LogP contribution in [0.15, 0.2) is 22.7 Å². The first-order valence-corrected chi connectivity index (χ1v) is 7.57. The minimum absolute atomic E-state index is 0.0531. The van der Waals surface area contributed by atoms with Crippen molar-refractivity contribution >= 4 is 33.4 Å². The smallest absolute Gasteiger partial charge is 0.250 e.